The molecular weight excluding hydrogens is 502 g/mol. The maximum atomic E-state index is 12.4. The fourth-order valence-corrected chi connectivity index (χ4v) is 5.10. The highest BCUT2D eigenvalue weighted by atomic mass is 79.9. The highest BCUT2D eigenvalue weighted by Crippen LogP contribution is 2.35. The van der Waals surface area contributed by atoms with Crippen molar-refractivity contribution in [3.8, 4) is 5.69 Å². The zero-order valence-corrected chi connectivity index (χ0v) is 18.3. The number of non-ortho nitro benzene ring substituents is 1. The molecule has 0 unspecified atom stereocenters. The van der Waals surface area contributed by atoms with Crippen LogP contribution in [0.25, 0.3) is 15.8 Å². The SMILES string of the molecule is O=c1nc(SCc2cn(-c3ccc(Cl)cc3)nn2)sc2c([N+](=O)[O-])cc(Br)cc12. The molecule has 0 radical (unpaired) electrons. The van der Waals surface area contributed by atoms with Crippen LogP contribution >= 0.6 is 50.6 Å². The van der Waals surface area contributed by atoms with E-state index < -0.39 is 10.5 Å². The van der Waals surface area contributed by atoms with Crippen molar-refractivity contribution in [2.75, 3.05) is 0 Å². The van der Waals surface area contributed by atoms with Gasteiger partial charge in [0.05, 0.1) is 27.9 Å². The van der Waals surface area contributed by atoms with Crippen LogP contribution in [-0.4, -0.2) is 24.9 Å². The quantitative estimate of drug-likeness (QED) is 0.215. The molecule has 2 heterocycles. The van der Waals surface area contributed by atoms with Gasteiger partial charge < -0.3 is 0 Å². The zero-order chi connectivity index (χ0) is 20.5. The Morgan fingerprint density at radius 1 is 1.28 bits per heavy atom. The molecule has 146 valence electrons. The Morgan fingerprint density at radius 3 is 2.76 bits per heavy atom. The van der Waals surface area contributed by atoms with Crippen molar-refractivity contribution in [1.82, 2.24) is 20.0 Å². The van der Waals surface area contributed by atoms with Gasteiger partial charge in [-0.25, -0.2) is 4.68 Å². The summed E-state index contributed by atoms with van der Waals surface area (Å²) in [5, 5.41) is 20.4. The fraction of sp³-hybridized carbons (Fsp3) is 0.0588. The Labute approximate surface area is 184 Å². The third-order valence-corrected chi connectivity index (χ3v) is 6.81. The first-order chi connectivity index (χ1) is 13.9. The molecule has 0 aliphatic heterocycles. The van der Waals surface area contributed by atoms with Gasteiger partial charge in [0.25, 0.3) is 11.2 Å². The summed E-state index contributed by atoms with van der Waals surface area (Å²) in [6, 6.07) is 10.1. The third kappa shape index (κ3) is 4.32. The van der Waals surface area contributed by atoms with Crippen LogP contribution in [0.5, 0.6) is 0 Å². The Kier molecular flexibility index (Phi) is 5.63. The van der Waals surface area contributed by atoms with E-state index in [9.17, 15) is 14.9 Å². The molecule has 0 saturated carbocycles. The minimum Gasteiger partial charge on any atom is -0.267 e. The van der Waals surface area contributed by atoms with Crippen molar-refractivity contribution in [3.63, 3.8) is 0 Å². The lowest BCUT2D eigenvalue weighted by Gasteiger charge is -2.02. The second-order valence-corrected chi connectivity index (χ2v) is 9.34. The predicted octanol–water partition coefficient (Wildman–Crippen LogP) is 4.85. The monoisotopic (exact) mass is 509 g/mol. The van der Waals surface area contributed by atoms with Crippen LogP contribution in [0.1, 0.15) is 5.69 Å². The van der Waals surface area contributed by atoms with Crippen LogP contribution in [0.2, 0.25) is 5.02 Å². The van der Waals surface area contributed by atoms with E-state index in [1.807, 2.05) is 12.1 Å². The summed E-state index contributed by atoms with van der Waals surface area (Å²) in [4.78, 5) is 27.3. The van der Waals surface area contributed by atoms with Gasteiger partial charge in [-0.2, -0.15) is 4.98 Å². The van der Waals surface area contributed by atoms with Gasteiger partial charge in [-0.15, -0.1) is 16.4 Å². The summed E-state index contributed by atoms with van der Waals surface area (Å²) in [6.07, 6.45) is 1.76. The number of nitro benzene ring substituents is 1. The van der Waals surface area contributed by atoms with Crippen molar-refractivity contribution in [2.24, 2.45) is 0 Å². The maximum absolute atomic E-state index is 12.4. The van der Waals surface area contributed by atoms with Gasteiger partial charge in [-0.3, -0.25) is 14.9 Å². The van der Waals surface area contributed by atoms with Crippen LogP contribution < -0.4 is 5.56 Å². The fourth-order valence-electron chi connectivity index (χ4n) is 2.52. The largest absolute Gasteiger partial charge is 0.288 e. The molecule has 0 amide bonds. The van der Waals surface area contributed by atoms with E-state index in [2.05, 4.69) is 31.2 Å². The molecule has 12 heteroatoms. The Hall–Kier alpha value is -2.34. The van der Waals surface area contributed by atoms with Gasteiger partial charge >= 0.3 is 0 Å². The van der Waals surface area contributed by atoms with E-state index in [1.165, 1.54) is 17.8 Å². The van der Waals surface area contributed by atoms with Gasteiger partial charge in [0, 0.05) is 21.3 Å². The van der Waals surface area contributed by atoms with Crippen LogP contribution in [0.15, 0.2) is 56.2 Å². The summed E-state index contributed by atoms with van der Waals surface area (Å²) in [7, 11) is 0. The number of aromatic nitrogens is 4. The molecule has 4 rings (SSSR count). The molecule has 0 fully saturated rings. The topological polar surface area (TPSA) is 104 Å². The van der Waals surface area contributed by atoms with Gasteiger partial charge in [0.15, 0.2) is 4.34 Å². The van der Waals surface area contributed by atoms with Gasteiger partial charge in [0.1, 0.15) is 4.70 Å². The van der Waals surface area contributed by atoms with E-state index in [0.29, 0.717) is 30.0 Å². The number of thioether (sulfide) groups is 1. The average molecular weight is 511 g/mol. The average Bonchev–Trinajstić information content (AvgIpc) is 3.16. The number of benzene rings is 2. The molecular formula is C17H9BrClN5O3S2. The lowest BCUT2D eigenvalue weighted by Crippen LogP contribution is -2.06. The standard InChI is InChI=1S/C17H9BrClN5O3S2/c18-9-5-13-15(14(6-9)24(26)27)29-17(20-16(13)25)28-8-11-7-23(22-21-11)12-3-1-10(19)2-4-12/h1-7H,8H2. The molecule has 0 spiro atoms. The smallest absolute Gasteiger partial charge is 0.267 e. The number of nitrogens with zero attached hydrogens (tertiary/aromatic N) is 5. The van der Waals surface area contributed by atoms with E-state index >= 15 is 0 Å². The highest BCUT2D eigenvalue weighted by Gasteiger charge is 2.18. The molecule has 0 atom stereocenters. The lowest BCUT2D eigenvalue weighted by molar-refractivity contribution is -0.382. The molecule has 2 aromatic carbocycles. The number of halogens is 2. The van der Waals surface area contributed by atoms with Crippen molar-refractivity contribution >= 4 is 66.4 Å². The Morgan fingerprint density at radius 2 is 2.03 bits per heavy atom. The van der Waals surface area contributed by atoms with Crippen molar-refractivity contribution in [1.29, 1.82) is 0 Å². The first-order valence-electron chi connectivity index (χ1n) is 7.99. The summed E-state index contributed by atoms with van der Waals surface area (Å²) in [5.41, 5.74) is 0.856. The van der Waals surface area contributed by atoms with Gasteiger partial charge in [-0.05, 0) is 30.3 Å². The van der Waals surface area contributed by atoms with E-state index in [1.54, 1.807) is 29.1 Å². The van der Waals surface area contributed by atoms with Crippen LogP contribution in [-0.2, 0) is 5.75 Å². The Balaban J connectivity index is 1.60. The molecule has 29 heavy (non-hydrogen) atoms. The van der Waals surface area contributed by atoms with E-state index in [-0.39, 0.29) is 11.1 Å². The highest BCUT2D eigenvalue weighted by molar-refractivity contribution is 9.10. The minimum atomic E-state index is -0.505. The number of hydrogen-bond acceptors (Lipinski definition) is 8. The molecule has 0 bridgehead atoms. The van der Waals surface area contributed by atoms with Crippen LogP contribution in [0.4, 0.5) is 5.69 Å². The second-order valence-electron chi connectivity index (χ2n) is 5.76. The first kappa shape index (κ1) is 20.0. The van der Waals surface area contributed by atoms with Crippen LogP contribution in [0, 0.1) is 10.1 Å². The molecule has 0 aliphatic carbocycles. The summed E-state index contributed by atoms with van der Waals surface area (Å²) < 4.78 is 2.80. The third-order valence-electron chi connectivity index (χ3n) is 3.82. The molecule has 2 aromatic heterocycles. The van der Waals surface area contributed by atoms with Crippen molar-refractivity contribution in [3.05, 3.63) is 78.3 Å². The molecule has 0 N–H and O–H groups in total. The van der Waals surface area contributed by atoms with E-state index in [0.717, 1.165) is 17.0 Å². The molecule has 0 aliphatic rings. The maximum Gasteiger partial charge on any atom is 0.288 e. The van der Waals surface area contributed by atoms with Crippen molar-refractivity contribution < 1.29 is 4.92 Å². The number of fused-ring (bicyclic) bond motifs is 1. The number of hydrogen-bond donors (Lipinski definition) is 0. The summed E-state index contributed by atoms with van der Waals surface area (Å²) in [6.45, 7) is 0. The Bertz CT molecular complexity index is 1290. The summed E-state index contributed by atoms with van der Waals surface area (Å²) in [5.74, 6) is 0.409. The zero-order valence-electron chi connectivity index (χ0n) is 14.3. The number of nitro groups is 1. The van der Waals surface area contributed by atoms with Crippen LogP contribution in [0.3, 0.4) is 0 Å². The predicted molar refractivity (Wildman–Crippen MR) is 116 cm³/mol. The van der Waals surface area contributed by atoms with Crippen molar-refractivity contribution in [2.45, 2.75) is 10.1 Å². The normalized spacial score (nSPS) is 11.1. The molecule has 4 aromatic rings. The van der Waals surface area contributed by atoms with E-state index in [4.69, 9.17) is 11.6 Å². The molecule has 8 nitrogen and oxygen atoms in total. The first-order valence-corrected chi connectivity index (χ1v) is 11.0. The minimum absolute atomic E-state index is 0.130. The lowest BCUT2D eigenvalue weighted by atomic mass is 10.2. The van der Waals surface area contributed by atoms with Gasteiger partial charge in [-0.1, -0.05) is 44.5 Å². The number of rotatable bonds is 5. The van der Waals surface area contributed by atoms with Gasteiger partial charge in [0.2, 0.25) is 0 Å². The molecule has 0 saturated heterocycles. The second kappa shape index (κ2) is 8.19. The summed E-state index contributed by atoms with van der Waals surface area (Å²) >= 11 is 11.5.